The summed E-state index contributed by atoms with van der Waals surface area (Å²) in [7, 11) is 0. The van der Waals surface area contributed by atoms with Gasteiger partial charge in [-0.2, -0.15) is 0 Å². The van der Waals surface area contributed by atoms with Crippen LogP contribution in [0.3, 0.4) is 0 Å². The summed E-state index contributed by atoms with van der Waals surface area (Å²) in [6.45, 7) is 2.84. The molecular weight excluding hydrogens is 156 g/mol. The maximum atomic E-state index is 10.4. The van der Waals surface area contributed by atoms with Crippen LogP contribution in [0, 0.1) is 0 Å². The minimum Gasteiger partial charge on any atom is -0.393 e. The molecule has 68 valence electrons. The van der Waals surface area contributed by atoms with E-state index >= 15 is 0 Å². The monoisotopic (exact) mass is 170 g/mol. The van der Waals surface area contributed by atoms with Gasteiger partial charge in [-0.15, -0.1) is 0 Å². The fourth-order valence-corrected chi connectivity index (χ4v) is 0.590. The molecular formula is C9H14O3. The Morgan fingerprint density at radius 2 is 2.08 bits per heavy atom. The van der Waals surface area contributed by atoms with Crippen LogP contribution < -0.4 is 0 Å². The molecule has 0 aliphatic carbocycles. The maximum absolute atomic E-state index is 10.4. The van der Waals surface area contributed by atoms with Gasteiger partial charge in [-0.3, -0.25) is 4.79 Å². The van der Waals surface area contributed by atoms with E-state index in [9.17, 15) is 4.79 Å². The fraction of sp³-hybridized carbons (Fsp3) is 0.444. The molecule has 0 aromatic rings. The number of aliphatic hydroxyl groups excluding tert-OH is 2. The van der Waals surface area contributed by atoms with Crippen molar-refractivity contribution in [1.82, 2.24) is 0 Å². The van der Waals surface area contributed by atoms with Crippen molar-refractivity contribution in [3.63, 3.8) is 0 Å². The van der Waals surface area contributed by atoms with Gasteiger partial charge in [0.1, 0.15) is 0 Å². The van der Waals surface area contributed by atoms with Crippen LogP contribution in [0.25, 0.3) is 0 Å². The minimum atomic E-state index is -0.832. The van der Waals surface area contributed by atoms with Crippen LogP contribution in [-0.4, -0.2) is 28.7 Å². The second-order valence-electron chi connectivity index (χ2n) is 2.58. The van der Waals surface area contributed by atoms with E-state index in [4.69, 9.17) is 10.2 Å². The summed E-state index contributed by atoms with van der Waals surface area (Å²) in [6, 6.07) is 0. The van der Waals surface area contributed by atoms with Gasteiger partial charge >= 0.3 is 0 Å². The molecule has 0 bridgehead atoms. The number of carbonyl (C=O) groups is 1. The van der Waals surface area contributed by atoms with E-state index in [1.807, 2.05) is 0 Å². The first-order chi connectivity index (χ1) is 5.57. The summed E-state index contributed by atoms with van der Waals surface area (Å²) in [5.41, 5.74) is 0.634. The molecule has 0 rings (SSSR count). The van der Waals surface area contributed by atoms with E-state index in [1.165, 1.54) is 13.0 Å². The van der Waals surface area contributed by atoms with E-state index in [0.29, 0.717) is 5.57 Å². The lowest BCUT2D eigenvalue weighted by Crippen LogP contribution is -2.12. The second-order valence-corrected chi connectivity index (χ2v) is 2.58. The number of allylic oxidation sites excluding steroid dienone is 3. The highest BCUT2D eigenvalue weighted by Crippen LogP contribution is 1.99. The average molecular weight is 170 g/mol. The predicted octanol–water partition coefficient (Wildman–Crippen LogP) is 0.431. The summed E-state index contributed by atoms with van der Waals surface area (Å²) in [5, 5.41) is 17.6. The highest BCUT2D eigenvalue weighted by Gasteiger charge is 2.01. The third-order valence-corrected chi connectivity index (χ3v) is 1.39. The quantitative estimate of drug-likeness (QED) is 0.475. The van der Waals surface area contributed by atoms with Crippen LogP contribution in [0.1, 0.15) is 13.8 Å². The highest BCUT2D eigenvalue weighted by atomic mass is 16.3. The zero-order valence-corrected chi connectivity index (χ0v) is 7.32. The lowest BCUT2D eigenvalue weighted by molar-refractivity contribution is -0.112. The van der Waals surface area contributed by atoms with Crippen molar-refractivity contribution in [3.05, 3.63) is 23.8 Å². The Bertz CT molecular complexity index is 204. The van der Waals surface area contributed by atoms with E-state index in [1.54, 1.807) is 19.1 Å². The molecule has 1 atom stereocenters. The third kappa shape index (κ3) is 4.82. The van der Waals surface area contributed by atoms with Crippen LogP contribution in [0.2, 0.25) is 0 Å². The molecule has 0 fully saturated rings. The van der Waals surface area contributed by atoms with Gasteiger partial charge in [-0.1, -0.05) is 12.2 Å². The molecule has 0 aliphatic rings. The molecule has 1 unspecified atom stereocenters. The first-order valence-electron chi connectivity index (χ1n) is 3.72. The van der Waals surface area contributed by atoms with E-state index in [2.05, 4.69) is 0 Å². The summed E-state index contributed by atoms with van der Waals surface area (Å²) < 4.78 is 0. The topological polar surface area (TPSA) is 57.5 Å². The Morgan fingerprint density at radius 3 is 2.50 bits per heavy atom. The highest BCUT2D eigenvalue weighted by molar-refractivity contribution is 5.87. The number of ketones is 1. The molecule has 2 N–H and O–H groups in total. The second kappa shape index (κ2) is 5.69. The number of hydrogen-bond acceptors (Lipinski definition) is 3. The standard InChI is InChI=1S/C9H14O3/c1-7(9(12)6-10)4-3-5-8(2)11/h3-5,9-10,12H,6H2,1-2H3. The molecule has 0 radical (unpaired) electrons. The zero-order chi connectivity index (χ0) is 9.56. The normalized spacial score (nSPS) is 15.2. The minimum absolute atomic E-state index is 0.0439. The lowest BCUT2D eigenvalue weighted by Gasteiger charge is -2.04. The van der Waals surface area contributed by atoms with Crippen LogP contribution in [0.15, 0.2) is 23.8 Å². The molecule has 0 aliphatic heterocycles. The maximum Gasteiger partial charge on any atom is 0.152 e. The summed E-state index contributed by atoms with van der Waals surface area (Å²) in [6.07, 6.45) is 3.72. The molecule has 0 spiro atoms. The van der Waals surface area contributed by atoms with E-state index < -0.39 is 6.10 Å². The van der Waals surface area contributed by atoms with Gasteiger partial charge in [0, 0.05) is 0 Å². The van der Waals surface area contributed by atoms with Gasteiger partial charge in [0.2, 0.25) is 0 Å². The molecule has 0 aromatic heterocycles. The Labute approximate surface area is 72.0 Å². The first-order valence-corrected chi connectivity index (χ1v) is 3.72. The van der Waals surface area contributed by atoms with Gasteiger partial charge in [0.15, 0.2) is 5.78 Å². The lowest BCUT2D eigenvalue weighted by atomic mass is 10.1. The Balaban J connectivity index is 4.08. The fourth-order valence-electron chi connectivity index (χ4n) is 0.590. The number of carbonyl (C=O) groups excluding carboxylic acids is 1. The summed E-state index contributed by atoms with van der Waals surface area (Å²) in [5.74, 6) is -0.0439. The average Bonchev–Trinajstić information content (AvgIpc) is 2.02. The van der Waals surface area contributed by atoms with Gasteiger partial charge in [-0.25, -0.2) is 0 Å². The Kier molecular flexibility index (Phi) is 5.25. The van der Waals surface area contributed by atoms with E-state index in [-0.39, 0.29) is 12.4 Å². The number of rotatable bonds is 4. The van der Waals surface area contributed by atoms with Crippen molar-refractivity contribution in [2.45, 2.75) is 20.0 Å². The SMILES string of the molecule is CC(=O)C=CC=C(C)C(O)CO. The van der Waals surface area contributed by atoms with Gasteiger partial charge in [0.05, 0.1) is 12.7 Å². The largest absolute Gasteiger partial charge is 0.393 e. The Hall–Kier alpha value is -0.930. The molecule has 3 nitrogen and oxygen atoms in total. The van der Waals surface area contributed by atoms with Crippen molar-refractivity contribution in [2.75, 3.05) is 6.61 Å². The smallest absolute Gasteiger partial charge is 0.152 e. The Morgan fingerprint density at radius 1 is 1.50 bits per heavy atom. The number of aliphatic hydroxyl groups is 2. The van der Waals surface area contributed by atoms with Crippen LogP contribution in [0.5, 0.6) is 0 Å². The van der Waals surface area contributed by atoms with Crippen LogP contribution in [0.4, 0.5) is 0 Å². The summed E-state index contributed by atoms with van der Waals surface area (Å²) in [4.78, 5) is 10.4. The van der Waals surface area contributed by atoms with Crippen molar-refractivity contribution in [1.29, 1.82) is 0 Å². The molecule has 0 amide bonds. The zero-order valence-electron chi connectivity index (χ0n) is 7.32. The first kappa shape index (κ1) is 11.1. The van der Waals surface area contributed by atoms with Crippen molar-refractivity contribution in [2.24, 2.45) is 0 Å². The van der Waals surface area contributed by atoms with Gasteiger partial charge in [-0.05, 0) is 25.5 Å². The third-order valence-electron chi connectivity index (χ3n) is 1.39. The predicted molar refractivity (Wildman–Crippen MR) is 46.7 cm³/mol. The molecule has 3 heteroatoms. The molecule has 0 heterocycles. The molecule has 12 heavy (non-hydrogen) atoms. The molecule has 0 saturated carbocycles. The van der Waals surface area contributed by atoms with Crippen LogP contribution in [-0.2, 0) is 4.79 Å². The van der Waals surface area contributed by atoms with Crippen molar-refractivity contribution < 1.29 is 15.0 Å². The van der Waals surface area contributed by atoms with Crippen LogP contribution >= 0.6 is 0 Å². The van der Waals surface area contributed by atoms with Gasteiger partial charge in [0.25, 0.3) is 0 Å². The number of hydrogen-bond donors (Lipinski definition) is 2. The van der Waals surface area contributed by atoms with E-state index in [0.717, 1.165) is 0 Å². The van der Waals surface area contributed by atoms with Crippen molar-refractivity contribution in [3.8, 4) is 0 Å². The molecule has 0 aromatic carbocycles. The molecule has 0 saturated heterocycles. The summed E-state index contributed by atoms with van der Waals surface area (Å²) >= 11 is 0. The van der Waals surface area contributed by atoms with Gasteiger partial charge < -0.3 is 10.2 Å². The van der Waals surface area contributed by atoms with Crippen molar-refractivity contribution >= 4 is 5.78 Å².